The lowest BCUT2D eigenvalue weighted by atomic mass is 9.43. The van der Waals surface area contributed by atoms with E-state index in [-0.39, 0.29) is 0 Å². The van der Waals surface area contributed by atoms with Crippen molar-refractivity contribution in [2.45, 2.75) is 58.4 Å². The van der Waals surface area contributed by atoms with Crippen molar-refractivity contribution in [2.24, 2.45) is 22.7 Å². The maximum atomic E-state index is 4.10. The molecule has 1 heteroatoms. The van der Waals surface area contributed by atoms with Gasteiger partial charge in [-0.3, -0.25) is 0 Å². The summed E-state index contributed by atoms with van der Waals surface area (Å²) in [5, 5.41) is 3.69. The minimum Gasteiger partial charge on any atom is -0.310 e. The number of rotatable bonds is 4. The van der Waals surface area contributed by atoms with Crippen LogP contribution in [0.4, 0.5) is 0 Å². The highest BCUT2D eigenvalue weighted by molar-refractivity contribution is 5.13. The summed E-state index contributed by atoms with van der Waals surface area (Å²) < 4.78 is 0. The van der Waals surface area contributed by atoms with Crippen LogP contribution in [0, 0.1) is 22.7 Å². The molecule has 4 bridgehead atoms. The van der Waals surface area contributed by atoms with Crippen LogP contribution in [0.15, 0.2) is 12.7 Å². The third kappa shape index (κ3) is 1.78. The maximum Gasteiger partial charge on any atom is 0.0304 e. The van der Waals surface area contributed by atoms with Gasteiger partial charge in [-0.15, -0.1) is 6.58 Å². The molecule has 0 radical (unpaired) electrons. The quantitative estimate of drug-likeness (QED) is 0.729. The second kappa shape index (κ2) is 3.85. The molecular formula is C16H27N. The summed E-state index contributed by atoms with van der Waals surface area (Å²) in [4.78, 5) is 0. The van der Waals surface area contributed by atoms with Gasteiger partial charge in [0, 0.05) is 6.04 Å². The van der Waals surface area contributed by atoms with Gasteiger partial charge in [-0.2, -0.15) is 0 Å². The van der Waals surface area contributed by atoms with Crippen LogP contribution in [0.1, 0.15) is 52.4 Å². The largest absolute Gasteiger partial charge is 0.310 e. The van der Waals surface area contributed by atoms with E-state index in [4.69, 9.17) is 0 Å². The fraction of sp³-hybridized carbons (Fsp3) is 0.875. The van der Waals surface area contributed by atoms with Crippen LogP contribution >= 0.6 is 0 Å². The molecule has 4 aliphatic carbocycles. The average Bonchev–Trinajstić information content (AvgIpc) is 2.22. The fourth-order valence-corrected chi connectivity index (χ4v) is 5.93. The van der Waals surface area contributed by atoms with E-state index >= 15 is 0 Å². The molecule has 0 amide bonds. The Kier molecular flexibility index (Phi) is 2.66. The molecule has 4 fully saturated rings. The van der Waals surface area contributed by atoms with Crippen molar-refractivity contribution in [3.8, 4) is 0 Å². The van der Waals surface area contributed by atoms with Crippen LogP contribution in [0.25, 0.3) is 0 Å². The van der Waals surface area contributed by atoms with Crippen LogP contribution in [-0.4, -0.2) is 12.6 Å². The van der Waals surface area contributed by atoms with Gasteiger partial charge in [0.25, 0.3) is 0 Å². The van der Waals surface area contributed by atoms with Gasteiger partial charge < -0.3 is 5.32 Å². The Morgan fingerprint density at radius 3 is 2.41 bits per heavy atom. The lowest BCUT2D eigenvalue weighted by Gasteiger charge is -2.63. The molecule has 0 aromatic rings. The van der Waals surface area contributed by atoms with Gasteiger partial charge in [-0.05, 0) is 67.7 Å². The smallest absolute Gasteiger partial charge is 0.0304 e. The highest BCUT2D eigenvalue weighted by Crippen LogP contribution is 2.66. The van der Waals surface area contributed by atoms with Gasteiger partial charge in [0.2, 0.25) is 0 Å². The minimum atomic E-state index is 0.552. The zero-order chi connectivity index (χ0) is 12.1. The fourth-order valence-electron chi connectivity index (χ4n) is 5.93. The Labute approximate surface area is 106 Å². The predicted molar refractivity (Wildman–Crippen MR) is 72.9 cm³/mol. The van der Waals surface area contributed by atoms with E-state index in [0.29, 0.717) is 16.9 Å². The molecule has 1 nitrogen and oxygen atoms in total. The SMILES string of the molecule is C=CC(NCC)C12CC3CC(CC(C)(C3)C1)C2. The Balaban J connectivity index is 1.89. The second-order valence-electron chi connectivity index (χ2n) is 7.41. The monoisotopic (exact) mass is 233 g/mol. The summed E-state index contributed by atoms with van der Waals surface area (Å²) in [5.41, 5.74) is 1.21. The summed E-state index contributed by atoms with van der Waals surface area (Å²) in [6.45, 7) is 9.94. The molecule has 0 aliphatic heterocycles. The van der Waals surface area contributed by atoms with Crippen LogP contribution in [0.5, 0.6) is 0 Å². The molecule has 0 spiro atoms. The van der Waals surface area contributed by atoms with Crippen molar-refractivity contribution >= 4 is 0 Å². The van der Waals surface area contributed by atoms with Crippen molar-refractivity contribution in [1.29, 1.82) is 0 Å². The molecule has 0 aromatic carbocycles. The van der Waals surface area contributed by atoms with Crippen molar-refractivity contribution < 1.29 is 0 Å². The topological polar surface area (TPSA) is 12.0 Å². The van der Waals surface area contributed by atoms with Gasteiger partial charge in [0.15, 0.2) is 0 Å². The molecule has 4 aliphatic rings. The first-order valence-corrected chi connectivity index (χ1v) is 7.45. The van der Waals surface area contributed by atoms with Crippen LogP contribution in [0.2, 0.25) is 0 Å². The maximum absolute atomic E-state index is 4.10. The van der Waals surface area contributed by atoms with E-state index in [1.165, 1.54) is 38.5 Å². The zero-order valence-electron chi connectivity index (χ0n) is 11.5. The normalized spacial score (nSPS) is 49.3. The minimum absolute atomic E-state index is 0.552. The average molecular weight is 233 g/mol. The van der Waals surface area contributed by atoms with Gasteiger partial charge >= 0.3 is 0 Å². The first kappa shape index (κ1) is 11.8. The van der Waals surface area contributed by atoms with E-state index in [0.717, 1.165) is 18.4 Å². The van der Waals surface area contributed by atoms with Crippen molar-refractivity contribution in [2.75, 3.05) is 6.54 Å². The Hall–Kier alpha value is -0.300. The molecule has 0 saturated heterocycles. The van der Waals surface area contributed by atoms with Crippen LogP contribution in [-0.2, 0) is 0 Å². The lowest BCUT2D eigenvalue weighted by molar-refractivity contribution is -0.111. The lowest BCUT2D eigenvalue weighted by Crippen LogP contribution is -2.58. The first-order chi connectivity index (χ1) is 8.09. The zero-order valence-corrected chi connectivity index (χ0v) is 11.5. The number of nitrogens with one attached hydrogen (secondary N) is 1. The molecular weight excluding hydrogens is 206 g/mol. The molecule has 4 rings (SSSR count). The third-order valence-electron chi connectivity index (χ3n) is 5.72. The highest BCUT2D eigenvalue weighted by atomic mass is 14.9. The second-order valence-corrected chi connectivity index (χ2v) is 7.41. The Bertz CT molecular complexity index is 305. The van der Waals surface area contributed by atoms with Crippen LogP contribution in [0.3, 0.4) is 0 Å². The van der Waals surface area contributed by atoms with E-state index < -0.39 is 0 Å². The van der Waals surface area contributed by atoms with Crippen molar-refractivity contribution in [3.63, 3.8) is 0 Å². The summed E-state index contributed by atoms with van der Waals surface area (Å²) in [6.07, 6.45) is 11.1. The molecule has 3 unspecified atom stereocenters. The first-order valence-electron chi connectivity index (χ1n) is 7.45. The van der Waals surface area contributed by atoms with E-state index in [1.807, 2.05) is 0 Å². The van der Waals surface area contributed by atoms with Crippen molar-refractivity contribution in [1.82, 2.24) is 5.32 Å². The van der Waals surface area contributed by atoms with E-state index in [9.17, 15) is 0 Å². The number of likely N-dealkylation sites (N-methyl/N-ethyl adjacent to an activating group) is 1. The van der Waals surface area contributed by atoms with Gasteiger partial charge in [-0.1, -0.05) is 19.9 Å². The number of hydrogen-bond acceptors (Lipinski definition) is 1. The summed E-state index contributed by atoms with van der Waals surface area (Å²) in [6, 6.07) is 0.553. The molecule has 17 heavy (non-hydrogen) atoms. The van der Waals surface area contributed by atoms with Gasteiger partial charge in [0.1, 0.15) is 0 Å². The summed E-state index contributed by atoms with van der Waals surface area (Å²) >= 11 is 0. The Morgan fingerprint density at radius 1 is 1.29 bits per heavy atom. The molecule has 3 atom stereocenters. The summed E-state index contributed by atoms with van der Waals surface area (Å²) in [7, 11) is 0. The van der Waals surface area contributed by atoms with E-state index in [2.05, 4.69) is 31.8 Å². The predicted octanol–water partition coefficient (Wildman–Crippen LogP) is 3.76. The molecule has 96 valence electrons. The standard InChI is InChI=1S/C16H27N/c1-4-14(17-5-2)16-9-12-6-13(10-16)8-15(3,7-12)11-16/h4,12-14,17H,1,5-11H2,2-3H3. The number of hydrogen-bond donors (Lipinski definition) is 1. The third-order valence-corrected chi connectivity index (χ3v) is 5.72. The van der Waals surface area contributed by atoms with Gasteiger partial charge in [-0.25, -0.2) is 0 Å². The molecule has 4 saturated carbocycles. The van der Waals surface area contributed by atoms with Gasteiger partial charge in [0.05, 0.1) is 0 Å². The van der Waals surface area contributed by atoms with Crippen molar-refractivity contribution in [3.05, 3.63) is 12.7 Å². The highest BCUT2D eigenvalue weighted by Gasteiger charge is 2.57. The van der Waals surface area contributed by atoms with E-state index in [1.54, 1.807) is 0 Å². The molecule has 1 N–H and O–H groups in total. The summed E-state index contributed by atoms with van der Waals surface area (Å²) in [5.74, 6) is 2.03. The Morgan fingerprint density at radius 2 is 1.94 bits per heavy atom. The van der Waals surface area contributed by atoms with Crippen LogP contribution < -0.4 is 5.32 Å². The molecule has 0 heterocycles. The molecule has 0 aromatic heterocycles.